The molecule has 2 saturated carbocycles. The average Bonchev–Trinajstić information content (AvgIpc) is 3.59. The van der Waals surface area contributed by atoms with E-state index in [4.69, 9.17) is 14.2 Å². The summed E-state index contributed by atoms with van der Waals surface area (Å²) in [5, 5.41) is 9.39. The first-order chi connectivity index (χ1) is 20.0. The number of hydrogen-bond acceptors (Lipinski definition) is 4. The van der Waals surface area contributed by atoms with Gasteiger partial charge in [-0.2, -0.15) is 0 Å². The molecule has 2 aliphatic carbocycles. The summed E-state index contributed by atoms with van der Waals surface area (Å²) in [5.41, 5.74) is 5.72. The average molecular weight is 579 g/mol. The summed E-state index contributed by atoms with van der Waals surface area (Å²) in [4.78, 5) is 11.4. The Balaban J connectivity index is 1.31. The van der Waals surface area contributed by atoms with E-state index in [9.17, 15) is 18.7 Å². The maximum Gasteiger partial charge on any atom is 0.307 e. The molecule has 3 fully saturated rings. The first kappa shape index (κ1) is 30.0. The fourth-order valence-corrected chi connectivity index (χ4v) is 6.36. The van der Waals surface area contributed by atoms with E-state index < -0.39 is 11.6 Å². The number of carboxylic acids is 1. The maximum absolute atomic E-state index is 15.0. The van der Waals surface area contributed by atoms with Crippen molar-refractivity contribution in [3.8, 4) is 16.9 Å². The van der Waals surface area contributed by atoms with Gasteiger partial charge in [0, 0.05) is 37.5 Å². The first-order valence-corrected chi connectivity index (χ1v) is 14.8. The molecular formula is C35H40F2O5. The normalized spacial score (nSPS) is 24.3. The maximum atomic E-state index is 15.0. The third-order valence-corrected chi connectivity index (χ3v) is 9.09. The summed E-state index contributed by atoms with van der Waals surface area (Å²) >= 11 is 0. The van der Waals surface area contributed by atoms with Crippen LogP contribution in [0.5, 0.6) is 5.75 Å². The van der Waals surface area contributed by atoms with E-state index in [1.165, 1.54) is 6.07 Å². The van der Waals surface area contributed by atoms with Crippen LogP contribution in [-0.4, -0.2) is 36.6 Å². The Morgan fingerprint density at radius 2 is 1.88 bits per heavy atom. The molecule has 0 spiro atoms. The van der Waals surface area contributed by atoms with E-state index in [-0.39, 0.29) is 36.8 Å². The molecule has 224 valence electrons. The van der Waals surface area contributed by atoms with Crippen LogP contribution in [0.1, 0.15) is 56.2 Å². The predicted molar refractivity (Wildman–Crippen MR) is 158 cm³/mol. The summed E-state index contributed by atoms with van der Waals surface area (Å²) in [6.07, 6.45) is 4.06. The van der Waals surface area contributed by atoms with Gasteiger partial charge in [0.2, 0.25) is 0 Å². The van der Waals surface area contributed by atoms with E-state index in [0.29, 0.717) is 49.5 Å². The van der Waals surface area contributed by atoms with Crippen LogP contribution in [0.4, 0.5) is 8.78 Å². The Hall–Kier alpha value is -3.45. The van der Waals surface area contributed by atoms with Crippen molar-refractivity contribution in [2.24, 2.45) is 17.8 Å². The molecule has 0 aromatic heterocycles. The highest BCUT2D eigenvalue weighted by molar-refractivity contribution is 5.77. The highest BCUT2D eigenvalue weighted by Gasteiger charge is 2.60. The number of alkyl halides is 1. The van der Waals surface area contributed by atoms with Crippen LogP contribution in [0, 0.1) is 37.4 Å². The number of carboxylic acid groups (broad SMARTS) is 1. The minimum absolute atomic E-state index is 0.00859. The van der Waals surface area contributed by atoms with Gasteiger partial charge in [0.05, 0.1) is 5.92 Å². The number of aryl methyl sites for hydroxylation is 2. The van der Waals surface area contributed by atoms with Gasteiger partial charge >= 0.3 is 5.97 Å². The lowest BCUT2D eigenvalue weighted by Crippen LogP contribution is -2.37. The van der Waals surface area contributed by atoms with Crippen molar-refractivity contribution < 1.29 is 32.9 Å². The molecule has 3 atom stereocenters. The predicted octanol–water partition coefficient (Wildman–Crippen LogP) is 8.04. The Morgan fingerprint density at radius 1 is 1.19 bits per heavy atom. The molecule has 2 aromatic rings. The Labute approximate surface area is 246 Å². The van der Waals surface area contributed by atoms with Crippen molar-refractivity contribution >= 4 is 5.97 Å². The monoisotopic (exact) mass is 578 g/mol. The molecule has 3 unspecified atom stereocenters. The van der Waals surface area contributed by atoms with Crippen LogP contribution in [0.3, 0.4) is 0 Å². The van der Waals surface area contributed by atoms with Gasteiger partial charge in [-0.15, -0.1) is 0 Å². The van der Waals surface area contributed by atoms with Crippen molar-refractivity contribution in [3.63, 3.8) is 0 Å². The largest absolute Gasteiger partial charge is 0.490 e. The summed E-state index contributed by atoms with van der Waals surface area (Å²) in [7, 11) is 0. The van der Waals surface area contributed by atoms with Gasteiger partial charge in [-0.25, -0.2) is 8.78 Å². The molecule has 0 radical (unpaired) electrons. The number of allylic oxidation sites excluding steroid dienone is 4. The summed E-state index contributed by atoms with van der Waals surface area (Å²) < 4.78 is 47.4. The molecule has 0 amide bonds. The lowest BCUT2D eigenvalue weighted by molar-refractivity contribution is -0.139. The quantitative estimate of drug-likeness (QED) is 0.289. The lowest BCUT2D eigenvalue weighted by atomic mass is 9.94. The summed E-state index contributed by atoms with van der Waals surface area (Å²) in [6.45, 7) is 13.0. The molecule has 5 nitrogen and oxygen atoms in total. The minimum Gasteiger partial charge on any atom is -0.490 e. The molecule has 42 heavy (non-hydrogen) atoms. The zero-order chi connectivity index (χ0) is 30.2. The Bertz CT molecular complexity index is 1430. The second-order valence-electron chi connectivity index (χ2n) is 12.0. The van der Waals surface area contributed by atoms with Crippen LogP contribution >= 0.6 is 0 Å². The number of rotatable bonds is 10. The number of fused-ring (bicyclic) bond motifs is 1. The molecule has 0 bridgehead atoms. The van der Waals surface area contributed by atoms with E-state index in [0.717, 1.165) is 45.4 Å². The standard InChI is InChI=1S/C35H40F2O5/c1-6-20(2)30(17-25-16-28-32(23(25)5)33(28)34(38)39)41-18-26-15-24(7-8-29(26)36)31-21(3)13-27(14-22(31)4)42-19-35(37)9-11-40-12-10-35/h7-8,13-15,17,28,32-33H,5-6,9-12,16,18-19H2,1-4H3,(H,38,39). The smallest absolute Gasteiger partial charge is 0.307 e. The fraction of sp³-hybridized carbons (Fsp3) is 0.457. The molecule has 3 aliphatic rings. The number of benzene rings is 2. The Kier molecular flexibility index (Phi) is 8.61. The molecular weight excluding hydrogens is 538 g/mol. The van der Waals surface area contributed by atoms with Gasteiger partial charge in [-0.05, 0) is 109 Å². The van der Waals surface area contributed by atoms with Gasteiger partial charge in [0.15, 0.2) is 0 Å². The van der Waals surface area contributed by atoms with Gasteiger partial charge in [0.1, 0.15) is 36.2 Å². The number of halogens is 2. The molecule has 2 aromatic carbocycles. The van der Waals surface area contributed by atoms with Crippen LogP contribution in [0.15, 0.2) is 65.5 Å². The second-order valence-corrected chi connectivity index (χ2v) is 12.0. The topological polar surface area (TPSA) is 65.0 Å². The van der Waals surface area contributed by atoms with Crippen molar-refractivity contribution in [2.75, 3.05) is 19.8 Å². The van der Waals surface area contributed by atoms with Gasteiger partial charge in [-0.1, -0.05) is 19.6 Å². The SMILES string of the molecule is C=C1C(=CC(OCc2cc(-c3c(C)cc(OCC4(F)CCOCC4)cc3C)ccc2F)=C(C)CC)CC2C1C2C(=O)O. The lowest BCUT2D eigenvalue weighted by Gasteiger charge is -2.29. The Morgan fingerprint density at radius 3 is 2.48 bits per heavy atom. The number of ether oxygens (including phenoxy) is 3. The number of hydrogen-bond donors (Lipinski definition) is 1. The molecule has 1 aliphatic heterocycles. The molecule has 1 saturated heterocycles. The second kappa shape index (κ2) is 12.0. The van der Waals surface area contributed by atoms with Gasteiger partial charge < -0.3 is 19.3 Å². The zero-order valence-electron chi connectivity index (χ0n) is 24.9. The molecule has 1 N–H and O–H groups in total. The van der Waals surface area contributed by atoms with E-state index in [1.807, 2.05) is 52.0 Å². The van der Waals surface area contributed by atoms with Crippen LogP contribution in [-0.2, 0) is 20.9 Å². The molecule has 5 rings (SSSR count). The van der Waals surface area contributed by atoms with Gasteiger partial charge in [0.25, 0.3) is 0 Å². The van der Waals surface area contributed by atoms with E-state index in [2.05, 4.69) is 6.58 Å². The molecule has 1 heterocycles. The molecule has 7 heteroatoms. The number of aliphatic carboxylic acids is 1. The van der Waals surface area contributed by atoms with Crippen molar-refractivity contribution in [1.82, 2.24) is 0 Å². The third-order valence-electron chi connectivity index (χ3n) is 9.09. The zero-order valence-corrected chi connectivity index (χ0v) is 24.9. The van der Waals surface area contributed by atoms with E-state index in [1.54, 1.807) is 6.07 Å². The fourth-order valence-electron chi connectivity index (χ4n) is 6.36. The van der Waals surface area contributed by atoms with E-state index >= 15 is 0 Å². The minimum atomic E-state index is -1.38. The highest BCUT2D eigenvalue weighted by atomic mass is 19.1. The van der Waals surface area contributed by atoms with Gasteiger partial charge in [-0.3, -0.25) is 4.79 Å². The van der Waals surface area contributed by atoms with Crippen LogP contribution in [0.25, 0.3) is 11.1 Å². The van der Waals surface area contributed by atoms with Crippen molar-refractivity contribution in [1.29, 1.82) is 0 Å². The number of carbonyl (C=O) groups is 1. The highest BCUT2D eigenvalue weighted by Crippen LogP contribution is 2.62. The van der Waals surface area contributed by atoms with Crippen molar-refractivity contribution in [2.45, 2.75) is 65.7 Å². The first-order valence-electron chi connectivity index (χ1n) is 14.8. The summed E-state index contributed by atoms with van der Waals surface area (Å²) in [5.74, 6) is -0.0240. The third kappa shape index (κ3) is 6.17. The van der Waals surface area contributed by atoms with Crippen LogP contribution in [0.2, 0.25) is 0 Å². The summed E-state index contributed by atoms with van der Waals surface area (Å²) in [6, 6.07) is 8.84. The van der Waals surface area contributed by atoms with Crippen molar-refractivity contribution in [3.05, 3.63) is 88.0 Å². The van der Waals surface area contributed by atoms with Crippen LogP contribution < -0.4 is 4.74 Å².